The first-order valence-corrected chi connectivity index (χ1v) is 7.87. The van der Waals surface area contributed by atoms with Gasteiger partial charge >= 0.3 is 0 Å². The largest absolute Gasteiger partial charge is 0.335 e. The van der Waals surface area contributed by atoms with Crippen molar-refractivity contribution in [2.75, 3.05) is 13.1 Å². The van der Waals surface area contributed by atoms with E-state index in [1.807, 2.05) is 6.92 Å². The normalized spacial score (nSPS) is 11.1. The number of sulfonamides is 1. The molecule has 0 saturated heterocycles. The third kappa shape index (κ3) is 4.15. The summed E-state index contributed by atoms with van der Waals surface area (Å²) >= 11 is 3.17. The second kappa shape index (κ2) is 6.31. The third-order valence-electron chi connectivity index (χ3n) is 2.47. The number of benzene rings is 1. The van der Waals surface area contributed by atoms with Crippen LogP contribution >= 0.6 is 15.9 Å². The van der Waals surface area contributed by atoms with Crippen molar-refractivity contribution in [3.05, 3.63) is 40.9 Å². The average molecular weight is 347 g/mol. The molecule has 19 heavy (non-hydrogen) atoms. The molecule has 0 aliphatic rings. The van der Waals surface area contributed by atoms with Crippen LogP contribution in [0, 0.1) is 0 Å². The molecular weight excluding hydrogens is 332 g/mol. The van der Waals surface area contributed by atoms with Crippen molar-refractivity contribution in [2.45, 2.75) is 11.8 Å². The van der Waals surface area contributed by atoms with E-state index >= 15 is 0 Å². The summed E-state index contributed by atoms with van der Waals surface area (Å²) in [7, 11) is -3.85. The number of likely N-dealkylation sites (N-methyl/N-ethyl adjacent to an activating group) is 1. The van der Waals surface area contributed by atoms with Crippen molar-refractivity contribution >= 4 is 31.9 Å². The molecule has 0 aliphatic carbocycles. The molecule has 0 saturated carbocycles. The van der Waals surface area contributed by atoms with Crippen LogP contribution in [0.1, 0.15) is 17.3 Å². The van der Waals surface area contributed by atoms with E-state index in [9.17, 15) is 13.2 Å². The van der Waals surface area contributed by atoms with E-state index in [1.54, 1.807) is 17.0 Å². The molecular formula is C12H15BrN2O3S. The van der Waals surface area contributed by atoms with Crippen LogP contribution in [0.15, 0.2) is 40.2 Å². The molecule has 1 aromatic rings. The topological polar surface area (TPSA) is 80.5 Å². The Morgan fingerprint density at radius 2 is 2.11 bits per heavy atom. The van der Waals surface area contributed by atoms with Crippen molar-refractivity contribution < 1.29 is 13.2 Å². The van der Waals surface area contributed by atoms with Crippen LogP contribution in [0.4, 0.5) is 0 Å². The van der Waals surface area contributed by atoms with Crippen molar-refractivity contribution in [3.8, 4) is 0 Å². The first kappa shape index (κ1) is 15.9. The Labute approximate surface area is 121 Å². The molecule has 1 rings (SSSR count). The van der Waals surface area contributed by atoms with Crippen LogP contribution < -0.4 is 5.14 Å². The maximum Gasteiger partial charge on any atom is 0.254 e. The Hall–Kier alpha value is -1.18. The molecule has 0 aliphatic heterocycles. The lowest BCUT2D eigenvalue weighted by atomic mass is 10.2. The van der Waals surface area contributed by atoms with Crippen LogP contribution in [0.25, 0.3) is 0 Å². The number of halogens is 1. The molecule has 2 N–H and O–H groups in total. The maximum atomic E-state index is 12.2. The van der Waals surface area contributed by atoms with Gasteiger partial charge in [0, 0.05) is 23.1 Å². The highest BCUT2D eigenvalue weighted by Gasteiger charge is 2.17. The molecule has 0 bridgehead atoms. The Kier molecular flexibility index (Phi) is 5.28. The molecule has 104 valence electrons. The monoisotopic (exact) mass is 346 g/mol. The van der Waals surface area contributed by atoms with Gasteiger partial charge in [-0.1, -0.05) is 22.0 Å². The van der Waals surface area contributed by atoms with Crippen molar-refractivity contribution in [1.29, 1.82) is 0 Å². The number of hydrogen-bond acceptors (Lipinski definition) is 3. The second-order valence-electron chi connectivity index (χ2n) is 3.85. The molecule has 0 spiro atoms. The number of amides is 1. The lowest BCUT2D eigenvalue weighted by Crippen LogP contribution is -2.31. The summed E-state index contributed by atoms with van der Waals surface area (Å²) in [5, 5.41) is 5.07. The van der Waals surface area contributed by atoms with E-state index in [2.05, 4.69) is 22.5 Å². The lowest BCUT2D eigenvalue weighted by Gasteiger charge is -2.19. The van der Waals surface area contributed by atoms with E-state index in [1.165, 1.54) is 12.1 Å². The Morgan fingerprint density at radius 1 is 1.47 bits per heavy atom. The maximum absolute atomic E-state index is 12.2. The zero-order chi connectivity index (χ0) is 14.6. The van der Waals surface area contributed by atoms with Gasteiger partial charge in [0.25, 0.3) is 5.91 Å². The van der Waals surface area contributed by atoms with Gasteiger partial charge in [-0.25, -0.2) is 13.6 Å². The Balaban J connectivity index is 3.24. The summed E-state index contributed by atoms with van der Waals surface area (Å²) in [6, 6.07) is 4.19. The van der Waals surface area contributed by atoms with Gasteiger partial charge in [-0.15, -0.1) is 6.58 Å². The van der Waals surface area contributed by atoms with Crippen LogP contribution in [0.2, 0.25) is 0 Å². The first-order chi connectivity index (χ1) is 8.79. The summed E-state index contributed by atoms with van der Waals surface area (Å²) in [6.07, 6.45) is 1.61. The number of primary sulfonamides is 1. The van der Waals surface area contributed by atoms with Crippen LogP contribution in [-0.4, -0.2) is 32.3 Å². The molecule has 5 nitrogen and oxygen atoms in total. The summed E-state index contributed by atoms with van der Waals surface area (Å²) in [5.74, 6) is -0.270. The predicted octanol–water partition coefficient (Wildman–Crippen LogP) is 1.74. The molecule has 0 atom stereocenters. The van der Waals surface area contributed by atoms with Gasteiger partial charge in [-0.05, 0) is 25.1 Å². The quantitative estimate of drug-likeness (QED) is 0.824. The smallest absolute Gasteiger partial charge is 0.254 e. The summed E-state index contributed by atoms with van der Waals surface area (Å²) in [6.45, 7) is 6.31. The fourth-order valence-corrected chi connectivity index (χ4v) is 2.77. The Morgan fingerprint density at radius 3 is 2.58 bits per heavy atom. The zero-order valence-corrected chi connectivity index (χ0v) is 12.9. The van der Waals surface area contributed by atoms with Crippen LogP contribution in [-0.2, 0) is 10.0 Å². The SMILES string of the molecule is C=CCN(CC)C(=O)c1cc(Br)cc(S(N)(=O)=O)c1. The van der Waals surface area contributed by atoms with Crippen molar-refractivity contribution in [3.63, 3.8) is 0 Å². The van der Waals surface area contributed by atoms with E-state index in [0.29, 0.717) is 17.6 Å². The second-order valence-corrected chi connectivity index (χ2v) is 6.33. The molecule has 0 fully saturated rings. The number of hydrogen-bond donors (Lipinski definition) is 1. The summed E-state index contributed by atoms with van der Waals surface area (Å²) < 4.78 is 23.2. The fraction of sp³-hybridized carbons (Fsp3) is 0.250. The van der Waals surface area contributed by atoms with Crippen LogP contribution in [0.3, 0.4) is 0 Å². The highest BCUT2D eigenvalue weighted by atomic mass is 79.9. The fourth-order valence-electron chi connectivity index (χ4n) is 1.54. The van der Waals surface area contributed by atoms with E-state index in [4.69, 9.17) is 5.14 Å². The highest BCUT2D eigenvalue weighted by Crippen LogP contribution is 2.20. The minimum absolute atomic E-state index is 0.0973. The molecule has 0 aromatic heterocycles. The van der Waals surface area contributed by atoms with Crippen molar-refractivity contribution in [1.82, 2.24) is 4.90 Å². The molecule has 0 unspecified atom stereocenters. The van der Waals surface area contributed by atoms with Gasteiger partial charge in [0.15, 0.2) is 0 Å². The van der Waals surface area contributed by atoms with Crippen LogP contribution in [0.5, 0.6) is 0 Å². The van der Waals surface area contributed by atoms with Gasteiger partial charge in [-0.2, -0.15) is 0 Å². The van der Waals surface area contributed by atoms with Gasteiger partial charge < -0.3 is 4.90 Å². The van der Waals surface area contributed by atoms with E-state index in [0.717, 1.165) is 0 Å². The number of carbonyl (C=O) groups excluding carboxylic acids is 1. The molecule has 7 heteroatoms. The highest BCUT2D eigenvalue weighted by molar-refractivity contribution is 9.10. The van der Waals surface area contributed by atoms with E-state index in [-0.39, 0.29) is 16.4 Å². The van der Waals surface area contributed by atoms with Gasteiger partial charge in [0.1, 0.15) is 0 Å². The number of rotatable bonds is 5. The van der Waals surface area contributed by atoms with Crippen molar-refractivity contribution in [2.24, 2.45) is 5.14 Å². The van der Waals surface area contributed by atoms with Gasteiger partial charge in [0.05, 0.1) is 4.90 Å². The molecule has 1 amide bonds. The van der Waals surface area contributed by atoms with Gasteiger partial charge in [0.2, 0.25) is 10.0 Å². The molecule has 1 aromatic carbocycles. The number of nitrogens with two attached hydrogens (primary N) is 1. The van der Waals surface area contributed by atoms with Gasteiger partial charge in [-0.3, -0.25) is 4.79 Å². The number of carbonyl (C=O) groups is 1. The molecule has 0 heterocycles. The predicted molar refractivity (Wildman–Crippen MR) is 77.3 cm³/mol. The number of nitrogens with zero attached hydrogens (tertiary/aromatic N) is 1. The third-order valence-corrected chi connectivity index (χ3v) is 3.82. The summed E-state index contributed by atoms with van der Waals surface area (Å²) in [5.41, 5.74) is 0.266. The minimum atomic E-state index is -3.85. The molecule has 0 radical (unpaired) electrons. The minimum Gasteiger partial charge on any atom is -0.335 e. The average Bonchev–Trinajstić information content (AvgIpc) is 2.33. The Bertz CT molecular complexity index is 599. The zero-order valence-electron chi connectivity index (χ0n) is 10.5. The van der Waals surface area contributed by atoms with E-state index < -0.39 is 10.0 Å². The first-order valence-electron chi connectivity index (χ1n) is 5.53. The summed E-state index contributed by atoms with van der Waals surface area (Å²) in [4.78, 5) is 13.7. The lowest BCUT2D eigenvalue weighted by molar-refractivity contribution is 0.0782. The standard InChI is InChI=1S/C12H15BrN2O3S/c1-3-5-15(4-2)12(16)9-6-10(13)8-11(7-9)19(14,17)18/h3,6-8H,1,4-5H2,2H3,(H2,14,17,18).